The fourth-order valence-corrected chi connectivity index (χ4v) is 2.36. The predicted molar refractivity (Wildman–Crippen MR) is 90.5 cm³/mol. The van der Waals surface area contributed by atoms with Crippen molar-refractivity contribution >= 4 is 11.6 Å². The van der Waals surface area contributed by atoms with Crippen molar-refractivity contribution in [2.24, 2.45) is 0 Å². The molecule has 1 heterocycles. The van der Waals surface area contributed by atoms with Crippen molar-refractivity contribution in [3.8, 4) is 0 Å². The lowest BCUT2D eigenvalue weighted by molar-refractivity contribution is 0.102. The summed E-state index contributed by atoms with van der Waals surface area (Å²) in [6.07, 6.45) is 1.30. The summed E-state index contributed by atoms with van der Waals surface area (Å²) in [7, 11) is 0. The number of pyridine rings is 1. The molecule has 3 rings (SSSR count). The van der Waals surface area contributed by atoms with E-state index in [1.807, 2.05) is 0 Å². The van der Waals surface area contributed by atoms with Crippen LogP contribution in [-0.4, -0.2) is 10.5 Å². The van der Waals surface area contributed by atoms with E-state index in [9.17, 15) is 22.8 Å². The van der Waals surface area contributed by atoms with E-state index in [-0.39, 0.29) is 23.4 Å². The van der Waals surface area contributed by atoms with Gasteiger partial charge in [-0.2, -0.15) is 0 Å². The number of benzene rings is 2. The monoisotopic (exact) mass is 358 g/mol. The maximum absolute atomic E-state index is 13.6. The van der Waals surface area contributed by atoms with Crippen LogP contribution >= 0.6 is 0 Å². The first-order valence-corrected chi connectivity index (χ1v) is 7.64. The lowest BCUT2D eigenvalue weighted by Gasteiger charge is -2.10. The molecule has 0 aliphatic heterocycles. The largest absolute Gasteiger partial charge is 0.319 e. The Morgan fingerprint density at radius 1 is 0.923 bits per heavy atom. The van der Waals surface area contributed by atoms with Crippen LogP contribution in [0, 0.1) is 17.5 Å². The van der Waals surface area contributed by atoms with Gasteiger partial charge in [0.05, 0.1) is 17.8 Å². The summed E-state index contributed by atoms with van der Waals surface area (Å²) in [5, 5.41) is 2.27. The van der Waals surface area contributed by atoms with E-state index in [2.05, 4.69) is 5.32 Å². The number of nitrogens with zero attached hydrogens (tertiary/aromatic N) is 1. The molecule has 2 aromatic carbocycles. The molecule has 26 heavy (non-hydrogen) atoms. The van der Waals surface area contributed by atoms with Gasteiger partial charge in [-0.1, -0.05) is 12.1 Å². The summed E-state index contributed by atoms with van der Waals surface area (Å²) in [4.78, 5) is 24.2. The molecule has 0 radical (unpaired) electrons. The van der Waals surface area contributed by atoms with E-state index in [1.165, 1.54) is 47.2 Å². The second-order valence-corrected chi connectivity index (χ2v) is 5.59. The van der Waals surface area contributed by atoms with Gasteiger partial charge >= 0.3 is 0 Å². The predicted octanol–water partition coefficient (Wildman–Crippen LogP) is 3.57. The van der Waals surface area contributed by atoms with Crippen LogP contribution in [0.2, 0.25) is 0 Å². The molecule has 0 spiro atoms. The first kappa shape index (κ1) is 17.5. The molecule has 0 saturated carbocycles. The van der Waals surface area contributed by atoms with E-state index in [4.69, 9.17) is 0 Å². The Labute approximate surface area is 146 Å². The van der Waals surface area contributed by atoms with E-state index in [0.717, 1.165) is 18.2 Å². The van der Waals surface area contributed by atoms with Crippen LogP contribution in [0.5, 0.6) is 0 Å². The smallest absolute Gasteiger partial charge is 0.257 e. The first-order valence-electron chi connectivity index (χ1n) is 7.64. The normalized spacial score (nSPS) is 10.6. The number of halogens is 3. The minimum absolute atomic E-state index is 0.0929. The van der Waals surface area contributed by atoms with Gasteiger partial charge < -0.3 is 9.88 Å². The molecule has 0 aliphatic carbocycles. The maximum atomic E-state index is 13.6. The molecule has 4 nitrogen and oxygen atoms in total. The summed E-state index contributed by atoms with van der Waals surface area (Å²) in [5.74, 6) is -2.56. The number of carbonyl (C=O) groups excluding carboxylic acids is 1. The van der Waals surface area contributed by atoms with Gasteiger partial charge in [-0.3, -0.25) is 9.59 Å². The van der Waals surface area contributed by atoms with Gasteiger partial charge in [0.2, 0.25) is 0 Å². The number of hydrogen-bond donors (Lipinski definition) is 1. The van der Waals surface area contributed by atoms with Gasteiger partial charge in [-0.05, 0) is 35.9 Å². The van der Waals surface area contributed by atoms with Crippen LogP contribution < -0.4 is 10.9 Å². The highest BCUT2D eigenvalue weighted by molar-refractivity contribution is 6.04. The number of aromatic nitrogens is 1. The van der Waals surface area contributed by atoms with Crippen molar-refractivity contribution in [1.82, 2.24) is 4.57 Å². The average molecular weight is 358 g/mol. The Balaban J connectivity index is 1.84. The van der Waals surface area contributed by atoms with Crippen LogP contribution in [-0.2, 0) is 6.54 Å². The molecular formula is C19H13F3N2O2. The minimum atomic E-state index is -0.778. The summed E-state index contributed by atoms with van der Waals surface area (Å²) in [6.45, 7) is 0.133. The highest BCUT2D eigenvalue weighted by Gasteiger charge is 2.12. The van der Waals surface area contributed by atoms with Crippen LogP contribution in [0.4, 0.5) is 18.9 Å². The van der Waals surface area contributed by atoms with Gasteiger partial charge in [0.15, 0.2) is 0 Å². The molecular weight excluding hydrogens is 345 g/mol. The molecule has 0 unspecified atom stereocenters. The van der Waals surface area contributed by atoms with Crippen molar-refractivity contribution in [1.29, 1.82) is 0 Å². The Hall–Kier alpha value is -3.35. The second kappa shape index (κ2) is 7.26. The quantitative estimate of drug-likeness (QED) is 0.775. The van der Waals surface area contributed by atoms with Gasteiger partial charge in [-0.15, -0.1) is 0 Å². The topological polar surface area (TPSA) is 51.1 Å². The average Bonchev–Trinajstić information content (AvgIpc) is 2.62. The molecule has 1 amide bonds. The number of amides is 1. The van der Waals surface area contributed by atoms with Crippen molar-refractivity contribution in [2.45, 2.75) is 6.54 Å². The van der Waals surface area contributed by atoms with Crippen molar-refractivity contribution in [3.63, 3.8) is 0 Å². The third-order valence-electron chi connectivity index (χ3n) is 3.69. The summed E-state index contributed by atoms with van der Waals surface area (Å²) in [6, 6.07) is 10.8. The standard InChI is InChI=1S/C19H13F3N2O2/c20-14-4-1-12(2-5-14)10-24-11-13(3-8-18(24)25)19(26)23-17-9-15(21)6-7-16(17)22/h1-9,11H,10H2,(H,23,26). The zero-order chi connectivity index (χ0) is 18.7. The number of nitrogens with one attached hydrogen (secondary N) is 1. The number of carbonyl (C=O) groups is 1. The van der Waals surface area contributed by atoms with Crippen LogP contribution in [0.15, 0.2) is 65.6 Å². The van der Waals surface area contributed by atoms with E-state index in [0.29, 0.717) is 5.56 Å². The fourth-order valence-electron chi connectivity index (χ4n) is 2.36. The summed E-state index contributed by atoms with van der Waals surface area (Å²) in [5.41, 5.74) is 0.103. The molecule has 1 aromatic heterocycles. The lowest BCUT2D eigenvalue weighted by atomic mass is 10.2. The number of hydrogen-bond acceptors (Lipinski definition) is 2. The van der Waals surface area contributed by atoms with Gasteiger partial charge in [0, 0.05) is 18.3 Å². The minimum Gasteiger partial charge on any atom is -0.319 e. The zero-order valence-electron chi connectivity index (χ0n) is 13.4. The molecule has 132 valence electrons. The molecule has 0 fully saturated rings. The third kappa shape index (κ3) is 4.00. The second-order valence-electron chi connectivity index (χ2n) is 5.59. The summed E-state index contributed by atoms with van der Waals surface area (Å²) < 4.78 is 41.1. The Morgan fingerprint density at radius 2 is 1.62 bits per heavy atom. The van der Waals surface area contributed by atoms with Crippen molar-refractivity contribution in [2.75, 3.05) is 5.32 Å². The maximum Gasteiger partial charge on any atom is 0.257 e. The molecule has 0 bridgehead atoms. The Bertz CT molecular complexity index is 1010. The van der Waals surface area contributed by atoms with Crippen molar-refractivity contribution < 1.29 is 18.0 Å². The molecule has 7 heteroatoms. The highest BCUT2D eigenvalue weighted by Crippen LogP contribution is 2.16. The third-order valence-corrected chi connectivity index (χ3v) is 3.69. The first-order chi connectivity index (χ1) is 12.4. The van der Waals surface area contributed by atoms with Gasteiger partial charge in [0.25, 0.3) is 11.5 Å². The molecule has 0 saturated heterocycles. The molecule has 0 atom stereocenters. The number of rotatable bonds is 4. The van der Waals surface area contributed by atoms with Gasteiger partial charge in [-0.25, -0.2) is 13.2 Å². The summed E-state index contributed by atoms with van der Waals surface area (Å²) >= 11 is 0. The van der Waals surface area contributed by atoms with Crippen LogP contribution in [0.3, 0.4) is 0 Å². The Morgan fingerprint density at radius 3 is 2.35 bits per heavy atom. The Kier molecular flexibility index (Phi) is 4.88. The van der Waals surface area contributed by atoms with Crippen LogP contribution in [0.25, 0.3) is 0 Å². The van der Waals surface area contributed by atoms with E-state index in [1.54, 1.807) is 0 Å². The van der Waals surface area contributed by atoms with Crippen molar-refractivity contribution in [3.05, 3.63) is 99.7 Å². The van der Waals surface area contributed by atoms with Gasteiger partial charge in [0.1, 0.15) is 17.5 Å². The van der Waals surface area contributed by atoms with E-state index < -0.39 is 23.4 Å². The van der Waals surface area contributed by atoms with Crippen LogP contribution in [0.1, 0.15) is 15.9 Å². The molecule has 3 aromatic rings. The molecule has 0 aliphatic rings. The molecule has 1 N–H and O–H groups in total. The fraction of sp³-hybridized carbons (Fsp3) is 0.0526. The SMILES string of the molecule is O=C(Nc1cc(F)ccc1F)c1ccc(=O)n(Cc2ccc(F)cc2)c1. The zero-order valence-corrected chi connectivity index (χ0v) is 13.4. The highest BCUT2D eigenvalue weighted by atomic mass is 19.1. The lowest BCUT2D eigenvalue weighted by Crippen LogP contribution is -2.22. The van der Waals surface area contributed by atoms with E-state index >= 15 is 0 Å². The number of anilines is 1.